The number of azo groups is 1. The van der Waals surface area contributed by atoms with Gasteiger partial charge >= 0.3 is 22.3 Å². The smallest absolute Gasteiger partial charge is 0.371 e. The van der Waals surface area contributed by atoms with E-state index < -0.39 is 27.2 Å². The molecule has 0 saturated heterocycles. The summed E-state index contributed by atoms with van der Waals surface area (Å²) in [5, 5.41) is 18.1. The molecule has 0 radical (unpaired) electrons. The third-order valence-electron chi connectivity index (χ3n) is 4.12. The minimum atomic E-state index is -5.14. The molecule has 0 heterocycles. The standard InChI is InChI=1S/C19H17F4N5O3S/c1-2-28(11-3-10-24)14-6-9-16(17(12-14)25-18(29)19(20,21)22)27-26-13-4-7-15(8-5-13)32(23,30)31/h4-9,12H,2-3,11H2,1H3,(H,25,29)/b27-26+. The summed E-state index contributed by atoms with van der Waals surface area (Å²) in [7, 11) is -4.89. The Morgan fingerprint density at radius 2 is 1.81 bits per heavy atom. The summed E-state index contributed by atoms with van der Waals surface area (Å²) >= 11 is 0. The number of hydrogen-bond acceptors (Lipinski definition) is 7. The maximum Gasteiger partial charge on any atom is 0.471 e. The maximum atomic E-state index is 12.9. The summed E-state index contributed by atoms with van der Waals surface area (Å²) in [6, 6.07) is 10.3. The molecule has 0 aliphatic rings. The van der Waals surface area contributed by atoms with Crippen LogP contribution >= 0.6 is 0 Å². The molecular weight excluding hydrogens is 454 g/mol. The zero-order valence-electron chi connectivity index (χ0n) is 16.6. The summed E-state index contributed by atoms with van der Waals surface area (Å²) in [6.45, 7) is 2.57. The molecule has 1 N–H and O–H groups in total. The molecule has 0 aromatic heterocycles. The highest BCUT2D eigenvalue weighted by atomic mass is 32.3. The van der Waals surface area contributed by atoms with Crippen LogP contribution in [0.1, 0.15) is 13.3 Å². The Morgan fingerprint density at radius 1 is 1.16 bits per heavy atom. The first-order valence-corrected chi connectivity index (χ1v) is 10.4. The van der Waals surface area contributed by atoms with E-state index in [-0.39, 0.29) is 23.5 Å². The number of nitrogens with one attached hydrogen (secondary N) is 1. The molecule has 0 aliphatic heterocycles. The van der Waals surface area contributed by atoms with Gasteiger partial charge in [-0.2, -0.15) is 32.0 Å². The summed E-state index contributed by atoms with van der Waals surface area (Å²) in [5.41, 5.74) is 0.173. The molecule has 0 spiro atoms. The lowest BCUT2D eigenvalue weighted by molar-refractivity contribution is -0.167. The quantitative estimate of drug-likeness (QED) is 0.330. The molecule has 0 fully saturated rings. The fourth-order valence-corrected chi connectivity index (χ4v) is 3.00. The van der Waals surface area contributed by atoms with Gasteiger partial charge in [0.1, 0.15) is 5.69 Å². The van der Waals surface area contributed by atoms with Crippen molar-refractivity contribution in [3.8, 4) is 6.07 Å². The van der Waals surface area contributed by atoms with E-state index in [1.165, 1.54) is 18.2 Å². The molecule has 1 amide bonds. The molecule has 170 valence electrons. The number of amides is 1. The van der Waals surface area contributed by atoms with E-state index in [0.29, 0.717) is 18.8 Å². The number of nitrogens with zero attached hydrogens (tertiary/aromatic N) is 4. The minimum absolute atomic E-state index is 0.0961. The normalized spacial score (nSPS) is 11.9. The van der Waals surface area contributed by atoms with Crippen molar-refractivity contribution in [3.05, 3.63) is 42.5 Å². The van der Waals surface area contributed by atoms with E-state index in [1.54, 1.807) is 17.1 Å². The minimum Gasteiger partial charge on any atom is -0.371 e. The zero-order valence-corrected chi connectivity index (χ0v) is 17.4. The third-order valence-corrected chi connectivity index (χ3v) is 4.95. The molecular formula is C19H17F4N5O3S. The SMILES string of the molecule is CCN(CCC#N)c1ccc(/N=N/c2ccc(S(=O)(=O)F)cc2)c(NC(=O)C(F)(F)F)c1. The highest BCUT2D eigenvalue weighted by Crippen LogP contribution is 2.33. The van der Waals surface area contributed by atoms with Crippen molar-refractivity contribution < 1.29 is 30.3 Å². The average Bonchev–Trinajstić information content (AvgIpc) is 2.72. The van der Waals surface area contributed by atoms with Crippen LogP contribution in [-0.4, -0.2) is 33.6 Å². The second-order valence-electron chi connectivity index (χ2n) is 6.27. The first-order chi connectivity index (χ1) is 15.0. The van der Waals surface area contributed by atoms with E-state index in [4.69, 9.17) is 5.26 Å². The van der Waals surface area contributed by atoms with Crippen molar-refractivity contribution in [2.45, 2.75) is 24.4 Å². The lowest BCUT2D eigenvalue weighted by atomic mass is 10.2. The Balaban J connectivity index is 2.40. The van der Waals surface area contributed by atoms with E-state index >= 15 is 0 Å². The molecule has 13 heteroatoms. The highest BCUT2D eigenvalue weighted by Gasteiger charge is 2.39. The number of rotatable bonds is 8. The second-order valence-corrected chi connectivity index (χ2v) is 7.62. The number of benzene rings is 2. The van der Waals surface area contributed by atoms with Gasteiger partial charge in [-0.15, -0.1) is 9.00 Å². The molecule has 32 heavy (non-hydrogen) atoms. The number of nitriles is 1. The predicted molar refractivity (Wildman–Crippen MR) is 108 cm³/mol. The number of halogens is 4. The molecule has 2 rings (SSSR count). The Hall–Kier alpha value is -3.53. The van der Waals surface area contributed by atoms with E-state index in [9.17, 15) is 30.3 Å². The fraction of sp³-hybridized carbons (Fsp3) is 0.263. The van der Waals surface area contributed by atoms with Gasteiger partial charge < -0.3 is 10.2 Å². The molecule has 0 atom stereocenters. The molecule has 2 aromatic carbocycles. The lowest BCUT2D eigenvalue weighted by Gasteiger charge is -2.23. The number of alkyl halides is 3. The monoisotopic (exact) mass is 471 g/mol. The van der Waals surface area contributed by atoms with Crippen LogP contribution in [-0.2, 0) is 15.0 Å². The van der Waals surface area contributed by atoms with Crippen LogP contribution in [0.3, 0.4) is 0 Å². The van der Waals surface area contributed by atoms with Crippen LogP contribution in [0.4, 0.5) is 39.8 Å². The molecule has 0 unspecified atom stereocenters. The van der Waals surface area contributed by atoms with Crippen molar-refractivity contribution in [1.82, 2.24) is 0 Å². The number of carbonyl (C=O) groups excluding carboxylic acids is 1. The van der Waals surface area contributed by atoms with Crippen LogP contribution in [0.15, 0.2) is 57.6 Å². The van der Waals surface area contributed by atoms with Gasteiger partial charge in [0.15, 0.2) is 0 Å². The predicted octanol–water partition coefficient (Wildman–Crippen LogP) is 5.00. The number of carbonyl (C=O) groups is 1. The van der Waals surface area contributed by atoms with Gasteiger partial charge in [-0.25, -0.2) is 0 Å². The van der Waals surface area contributed by atoms with Gasteiger partial charge in [-0.1, -0.05) is 0 Å². The average molecular weight is 471 g/mol. The van der Waals surface area contributed by atoms with Gasteiger partial charge in [0.25, 0.3) is 0 Å². The van der Waals surface area contributed by atoms with Crippen molar-refractivity contribution in [2.24, 2.45) is 10.2 Å². The van der Waals surface area contributed by atoms with Crippen molar-refractivity contribution >= 4 is 38.9 Å². The largest absolute Gasteiger partial charge is 0.471 e. The van der Waals surface area contributed by atoms with Crippen molar-refractivity contribution in [1.29, 1.82) is 5.26 Å². The zero-order chi connectivity index (χ0) is 23.9. The van der Waals surface area contributed by atoms with E-state index in [2.05, 4.69) is 10.2 Å². The Bertz CT molecular complexity index is 1140. The topological polar surface area (TPSA) is 115 Å². The van der Waals surface area contributed by atoms with Crippen LogP contribution in [0.2, 0.25) is 0 Å². The van der Waals surface area contributed by atoms with Crippen LogP contribution in [0, 0.1) is 11.3 Å². The number of anilines is 2. The van der Waals surface area contributed by atoms with Crippen molar-refractivity contribution in [2.75, 3.05) is 23.3 Å². The molecule has 8 nitrogen and oxygen atoms in total. The second kappa shape index (κ2) is 10.2. The fourth-order valence-electron chi connectivity index (χ4n) is 2.54. The first-order valence-electron chi connectivity index (χ1n) is 9.06. The lowest BCUT2D eigenvalue weighted by Crippen LogP contribution is -2.30. The van der Waals surface area contributed by atoms with Crippen molar-refractivity contribution in [3.63, 3.8) is 0 Å². The molecule has 2 aromatic rings. The van der Waals surface area contributed by atoms with E-state index in [0.717, 1.165) is 24.3 Å². The highest BCUT2D eigenvalue weighted by molar-refractivity contribution is 7.86. The third kappa shape index (κ3) is 6.74. The van der Waals surface area contributed by atoms with E-state index in [1.807, 2.05) is 6.07 Å². The molecule has 0 aliphatic carbocycles. The Morgan fingerprint density at radius 3 is 2.34 bits per heavy atom. The summed E-state index contributed by atoms with van der Waals surface area (Å²) < 4.78 is 72.9. The maximum absolute atomic E-state index is 12.9. The Kier molecular flexibility index (Phi) is 7.87. The van der Waals surface area contributed by atoms with Gasteiger partial charge in [-0.3, -0.25) is 4.79 Å². The van der Waals surface area contributed by atoms with Gasteiger partial charge in [0, 0.05) is 18.8 Å². The molecule has 0 bridgehead atoms. The summed E-state index contributed by atoms with van der Waals surface area (Å²) in [6.07, 6.45) is -4.95. The van der Waals surface area contributed by atoms with Crippen LogP contribution in [0.5, 0.6) is 0 Å². The van der Waals surface area contributed by atoms with Crippen LogP contribution in [0.25, 0.3) is 0 Å². The van der Waals surface area contributed by atoms with Gasteiger partial charge in [0.2, 0.25) is 0 Å². The molecule has 0 saturated carbocycles. The summed E-state index contributed by atoms with van der Waals surface area (Å²) in [5.74, 6) is -2.20. The van der Waals surface area contributed by atoms with Crippen LogP contribution < -0.4 is 10.2 Å². The van der Waals surface area contributed by atoms with Gasteiger partial charge in [0.05, 0.1) is 28.8 Å². The summed E-state index contributed by atoms with van der Waals surface area (Å²) in [4.78, 5) is 12.6. The first kappa shape index (κ1) is 24.7. The van der Waals surface area contributed by atoms with Gasteiger partial charge in [-0.05, 0) is 49.4 Å². The Labute approximate surface area is 181 Å². The number of hydrogen-bond donors (Lipinski definition) is 1.